The first-order chi connectivity index (χ1) is 16.2. The van der Waals surface area contributed by atoms with E-state index in [0.29, 0.717) is 55.6 Å². The Hall–Kier alpha value is -2.00. The van der Waals surface area contributed by atoms with Crippen molar-refractivity contribution in [3.63, 3.8) is 0 Å². The average molecular weight is 526 g/mol. The summed E-state index contributed by atoms with van der Waals surface area (Å²) in [6, 6.07) is 10.4. The topological polar surface area (TPSA) is 70.2 Å². The Kier molecular flexibility index (Phi) is 7.62. The van der Waals surface area contributed by atoms with Crippen LogP contribution in [-0.4, -0.2) is 69.9 Å². The van der Waals surface area contributed by atoms with Gasteiger partial charge in [-0.3, -0.25) is 4.79 Å². The van der Waals surface area contributed by atoms with E-state index in [9.17, 15) is 13.2 Å². The van der Waals surface area contributed by atoms with Gasteiger partial charge in [-0.2, -0.15) is 4.31 Å². The summed E-state index contributed by atoms with van der Waals surface area (Å²) < 4.78 is 33.4. The number of aryl methyl sites for hydroxylation is 1. The third kappa shape index (κ3) is 5.15. The van der Waals surface area contributed by atoms with Crippen LogP contribution < -0.4 is 9.64 Å². The second kappa shape index (κ2) is 10.3. The first-order valence-electron chi connectivity index (χ1n) is 11.3. The SMILES string of the molecule is COc1ccc(Cl)cc1S(=O)(=O)N1CCC[C@H](C(=O)N2CCN(c3cc(Cl)ccc3C)CC2)C1. The number of anilines is 1. The highest BCUT2D eigenvalue weighted by atomic mass is 35.5. The number of benzene rings is 2. The Morgan fingerprint density at radius 1 is 1.00 bits per heavy atom. The van der Waals surface area contributed by atoms with Crippen LogP contribution in [0.1, 0.15) is 18.4 Å². The molecule has 2 fully saturated rings. The Morgan fingerprint density at radius 3 is 2.38 bits per heavy atom. The molecule has 10 heteroatoms. The van der Waals surface area contributed by atoms with Crippen LogP contribution in [0.3, 0.4) is 0 Å². The van der Waals surface area contributed by atoms with Gasteiger partial charge in [0.25, 0.3) is 0 Å². The summed E-state index contributed by atoms with van der Waals surface area (Å²) in [5.74, 6) is -0.112. The minimum atomic E-state index is -3.85. The lowest BCUT2D eigenvalue weighted by Crippen LogP contribution is -2.53. The smallest absolute Gasteiger partial charge is 0.246 e. The molecule has 4 rings (SSSR count). The number of rotatable bonds is 5. The fourth-order valence-corrected chi connectivity index (χ4v) is 6.81. The first kappa shape index (κ1) is 25.1. The van der Waals surface area contributed by atoms with Crippen molar-refractivity contribution in [2.24, 2.45) is 5.92 Å². The van der Waals surface area contributed by atoms with Crippen molar-refractivity contribution in [2.75, 3.05) is 51.3 Å². The second-order valence-electron chi connectivity index (χ2n) is 8.74. The molecule has 2 aromatic carbocycles. The Bertz CT molecular complexity index is 1170. The maximum absolute atomic E-state index is 13.4. The van der Waals surface area contributed by atoms with Crippen LogP contribution in [-0.2, 0) is 14.8 Å². The van der Waals surface area contributed by atoms with Crippen molar-refractivity contribution in [3.8, 4) is 5.75 Å². The highest BCUT2D eigenvalue weighted by Gasteiger charge is 2.37. The van der Waals surface area contributed by atoms with Crippen molar-refractivity contribution in [1.29, 1.82) is 0 Å². The number of nitrogens with zero attached hydrogens (tertiary/aromatic N) is 3. The molecule has 2 heterocycles. The van der Waals surface area contributed by atoms with Gasteiger partial charge < -0.3 is 14.5 Å². The van der Waals surface area contributed by atoms with Crippen molar-refractivity contribution < 1.29 is 17.9 Å². The maximum atomic E-state index is 13.4. The van der Waals surface area contributed by atoms with Crippen molar-refractivity contribution in [2.45, 2.75) is 24.7 Å². The van der Waals surface area contributed by atoms with E-state index in [1.807, 2.05) is 23.1 Å². The number of piperidine rings is 1. The van der Waals surface area contributed by atoms with Crippen LogP contribution >= 0.6 is 23.2 Å². The molecule has 2 aliphatic rings. The molecule has 0 aliphatic carbocycles. The molecule has 0 N–H and O–H groups in total. The van der Waals surface area contributed by atoms with Gasteiger partial charge >= 0.3 is 0 Å². The number of hydrogen-bond donors (Lipinski definition) is 0. The number of hydrogen-bond acceptors (Lipinski definition) is 5. The Balaban J connectivity index is 1.43. The van der Waals surface area contributed by atoms with Gasteiger partial charge in [0.05, 0.1) is 13.0 Å². The van der Waals surface area contributed by atoms with Crippen molar-refractivity contribution >= 4 is 44.8 Å². The van der Waals surface area contributed by atoms with Crippen LogP contribution in [0.4, 0.5) is 5.69 Å². The fraction of sp³-hybridized carbons (Fsp3) is 0.458. The number of carbonyl (C=O) groups excluding carboxylic acids is 1. The molecular weight excluding hydrogens is 497 g/mol. The van der Waals surface area contributed by atoms with E-state index in [1.54, 1.807) is 12.1 Å². The standard InChI is InChI=1S/C24H29Cl2N3O4S/c1-17-5-6-19(25)14-21(17)27-10-12-28(13-11-27)24(30)18-4-3-9-29(16-18)34(31,32)23-15-20(26)7-8-22(23)33-2/h5-8,14-15,18H,3-4,9-13,16H2,1-2H3/t18-/m0/s1. The van der Waals surface area contributed by atoms with Crippen LogP contribution in [0, 0.1) is 12.8 Å². The van der Waals surface area contributed by atoms with Crippen molar-refractivity contribution in [1.82, 2.24) is 9.21 Å². The van der Waals surface area contributed by atoms with Crippen LogP contribution in [0.2, 0.25) is 10.0 Å². The molecule has 7 nitrogen and oxygen atoms in total. The number of piperazine rings is 1. The second-order valence-corrected chi connectivity index (χ2v) is 11.5. The number of ether oxygens (including phenoxy) is 1. The van der Waals surface area contributed by atoms with Crippen LogP contribution in [0.5, 0.6) is 5.75 Å². The zero-order valence-corrected chi connectivity index (χ0v) is 21.7. The molecule has 0 bridgehead atoms. The minimum absolute atomic E-state index is 0.0143. The molecular formula is C24H29Cl2N3O4S. The van der Waals surface area contributed by atoms with E-state index in [0.717, 1.165) is 11.3 Å². The number of amides is 1. The summed E-state index contributed by atoms with van der Waals surface area (Å²) in [7, 11) is -2.42. The highest BCUT2D eigenvalue weighted by molar-refractivity contribution is 7.89. The Labute approximate surface area is 211 Å². The number of methoxy groups -OCH3 is 1. The van der Waals surface area contributed by atoms with E-state index in [2.05, 4.69) is 11.8 Å². The van der Waals surface area contributed by atoms with Crippen LogP contribution in [0.15, 0.2) is 41.3 Å². The van der Waals surface area contributed by atoms with E-state index in [4.69, 9.17) is 27.9 Å². The lowest BCUT2D eigenvalue weighted by molar-refractivity contribution is -0.137. The van der Waals surface area contributed by atoms with Crippen molar-refractivity contribution in [3.05, 3.63) is 52.0 Å². The molecule has 1 atom stereocenters. The number of halogens is 2. The molecule has 34 heavy (non-hydrogen) atoms. The van der Waals surface area contributed by atoms with Gasteiger partial charge in [0.1, 0.15) is 10.6 Å². The predicted octanol–water partition coefficient (Wildman–Crippen LogP) is 4.06. The molecule has 1 amide bonds. The monoisotopic (exact) mass is 525 g/mol. The number of carbonyl (C=O) groups is 1. The fourth-order valence-electron chi connectivity index (χ4n) is 4.70. The highest BCUT2D eigenvalue weighted by Crippen LogP contribution is 2.32. The van der Waals surface area contributed by atoms with Gasteiger partial charge in [0.2, 0.25) is 15.9 Å². The summed E-state index contributed by atoms with van der Waals surface area (Å²) in [5.41, 5.74) is 2.23. The van der Waals surface area contributed by atoms with Crippen LogP contribution in [0.25, 0.3) is 0 Å². The van der Waals surface area contributed by atoms with E-state index < -0.39 is 10.0 Å². The van der Waals surface area contributed by atoms with Gasteiger partial charge in [-0.1, -0.05) is 29.3 Å². The molecule has 0 saturated carbocycles. The van der Waals surface area contributed by atoms with Gasteiger partial charge in [-0.15, -0.1) is 0 Å². The Morgan fingerprint density at radius 2 is 1.68 bits per heavy atom. The molecule has 2 aromatic rings. The van der Waals surface area contributed by atoms with E-state index >= 15 is 0 Å². The minimum Gasteiger partial charge on any atom is -0.495 e. The summed E-state index contributed by atoms with van der Waals surface area (Å²) in [4.78, 5) is 17.5. The summed E-state index contributed by atoms with van der Waals surface area (Å²) in [6.07, 6.45) is 1.30. The average Bonchev–Trinajstić information content (AvgIpc) is 2.85. The quantitative estimate of drug-likeness (QED) is 0.588. The molecule has 2 aliphatic heterocycles. The molecule has 2 saturated heterocycles. The molecule has 0 radical (unpaired) electrons. The molecule has 0 spiro atoms. The number of sulfonamides is 1. The molecule has 184 valence electrons. The maximum Gasteiger partial charge on any atom is 0.246 e. The van der Waals surface area contributed by atoms with E-state index in [-0.39, 0.29) is 29.0 Å². The normalized spacial score (nSPS) is 19.8. The van der Waals surface area contributed by atoms with Gasteiger partial charge in [0, 0.05) is 55.0 Å². The lowest BCUT2D eigenvalue weighted by Gasteiger charge is -2.40. The zero-order chi connectivity index (χ0) is 24.5. The summed E-state index contributed by atoms with van der Waals surface area (Å²) in [5, 5.41) is 1.01. The lowest BCUT2D eigenvalue weighted by atomic mass is 9.97. The summed E-state index contributed by atoms with van der Waals surface area (Å²) in [6.45, 7) is 5.18. The molecule has 0 aromatic heterocycles. The van der Waals surface area contributed by atoms with E-state index in [1.165, 1.54) is 17.5 Å². The van der Waals surface area contributed by atoms with Gasteiger partial charge in [0.15, 0.2) is 0 Å². The predicted molar refractivity (Wildman–Crippen MR) is 134 cm³/mol. The third-order valence-corrected chi connectivity index (χ3v) is 8.94. The molecule has 0 unspecified atom stereocenters. The van der Waals surface area contributed by atoms with Gasteiger partial charge in [-0.25, -0.2) is 8.42 Å². The largest absolute Gasteiger partial charge is 0.495 e. The third-order valence-electron chi connectivity index (χ3n) is 6.58. The summed E-state index contributed by atoms with van der Waals surface area (Å²) >= 11 is 12.2. The first-order valence-corrected chi connectivity index (χ1v) is 13.5. The zero-order valence-electron chi connectivity index (χ0n) is 19.3. The van der Waals surface area contributed by atoms with Gasteiger partial charge in [-0.05, 0) is 55.7 Å².